The molecule has 0 aliphatic carbocycles. The summed E-state index contributed by atoms with van der Waals surface area (Å²) in [6, 6.07) is 2.84. The molecule has 0 radical (unpaired) electrons. The number of carboxylic acids is 1. The first-order valence-electron chi connectivity index (χ1n) is 6.92. The number of hydrogen-bond acceptors (Lipinski definition) is 3. The van der Waals surface area contributed by atoms with Crippen molar-refractivity contribution in [1.29, 1.82) is 0 Å². The first-order valence-corrected chi connectivity index (χ1v) is 6.92. The fourth-order valence-electron chi connectivity index (χ4n) is 1.82. The number of benzene rings is 1. The second-order valence-electron chi connectivity index (χ2n) is 5.40. The number of amides is 1. The van der Waals surface area contributed by atoms with Gasteiger partial charge in [-0.15, -0.1) is 0 Å². The average molecular weight is 333 g/mol. The van der Waals surface area contributed by atoms with Crippen LogP contribution >= 0.6 is 0 Å². The molecule has 0 aromatic heterocycles. The average Bonchev–Trinajstić information content (AvgIpc) is 2.43. The molecule has 0 unspecified atom stereocenters. The van der Waals surface area contributed by atoms with Gasteiger partial charge in [0.05, 0.1) is 5.56 Å². The zero-order valence-corrected chi connectivity index (χ0v) is 12.7. The lowest BCUT2D eigenvalue weighted by Gasteiger charge is -2.16. The Hall–Kier alpha value is -2.25. The number of hydrogen-bond donors (Lipinski definition) is 2. The van der Waals surface area contributed by atoms with E-state index in [1.165, 1.54) is 0 Å². The molecule has 23 heavy (non-hydrogen) atoms. The van der Waals surface area contributed by atoms with Gasteiger partial charge in [0.2, 0.25) is 0 Å². The van der Waals surface area contributed by atoms with Crippen LogP contribution in [0.25, 0.3) is 0 Å². The molecule has 1 atom stereocenters. The van der Waals surface area contributed by atoms with Crippen LogP contribution in [0.3, 0.4) is 0 Å². The van der Waals surface area contributed by atoms with Crippen molar-refractivity contribution >= 4 is 11.9 Å². The van der Waals surface area contributed by atoms with Gasteiger partial charge in [-0.2, -0.15) is 13.2 Å². The summed E-state index contributed by atoms with van der Waals surface area (Å²) in [6.07, 6.45) is -4.18. The third-order valence-electron chi connectivity index (χ3n) is 2.89. The van der Waals surface area contributed by atoms with Crippen LogP contribution in [0.4, 0.5) is 13.2 Å². The van der Waals surface area contributed by atoms with E-state index in [4.69, 9.17) is 9.84 Å². The molecule has 0 saturated carbocycles. The number of carbonyl (C=O) groups excluding carboxylic acids is 1. The first-order chi connectivity index (χ1) is 10.6. The van der Waals surface area contributed by atoms with Crippen molar-refractivity contribution in [3.05, 3.63) is 29.8 Å². The Morgan fingerprint density at radius 1 is 1.22 bits per heavy atom. The van der Waals surface area contributed by atoms with Crippen molar-refractivity contribution in [2.45, 2.75) is 32.5 Å². The van der Waals surface area contributed by atoms with Gasteiger partial charge in [-0.3, -0.25) is 4.79 Å². The molecule has 0 heterocycles. The van der Waals surface area contributed by atoms with E-state index >= 15 is 0 Å². The van der Waals surface area contributed by atoms with Crippen LogP contribution in [0.5, 0.6) is 5.75 Å². The predicted molar refractivity (Wildman–Crippen MR) is 76.0 cm³/mol. The minimum Gasteiger partial charge on any atom is -0.484 e. The first kappa shape index (κ1) is 18.8. The fourth-order valence-corrected chi connectivity index (χ4v) is 1.82. The molecule has 8 heteroatoms. The Balaban J connectivity index is 2.54. The zero-order valence-electron chi connectivity index (χ0n) is 12.7. The maximum Gasteiger partial charge on any atom is 0.416 e. The number of alkyl halides is 3. The van der Waals surface area contributed by atoms with E-state index in [9.17, 15) is 22.8 Å². The molecule has 0 fully saturated rings. The van der Waals surface area contributed by atoms with E-state index in [0.717, 1.165) is 24.3 Å². The highest BCUT2D eigenvalue weighted by Crippen LogP contribution is 2.30. The van der Waals surface area contributed by atoms with E-state index < -0.39 is 36.3 Å². The summed E-state index contributed by atoms with van der Waals surface area (Å²) in [6.45, 7) is 3.16. The lowest BCUT2D eigenvalue weighted by atomic mass is 10.0. The van der Waals surface area contributed by atoms with Crippen LogP contribution in [-0.2, 0) is 15.8 Å². The SMILES string of the molecule is CC(C)C[C@@H](NC(=O)COc1ccc(C(F)(F)F)cc1)C(=O)O. The minimum atomic E-state index is -4.44. The number of aliphatic carboxylic acids is 1. The van der Waals surface area contributed by atoms with Crippen molar-refractivity contribution in [2.24, 2.45) is 5.92 Å². The van der Waals surface area contributed by atoms with Gasteiger partial charge in [0.25, 0.3) is 5.91 Å². The van der Waals surface area contributed by atoms with Crippen LogP contribution < -0.4 is 10.1 Å². The Kier molecular flexibility index (Phi) is 6.41. The molecular weight excluding hydrogens is 315 g/mol. The van der Waals surface area contributed by atoms with E-state index in [1.807, 2.05) is 13.8 Å². The monoisotopic (exact) mass is 333 g/mol. The fraction of sp³-hybridized carbons (Fsp3) is 0.467. The summed E-state index contributed by atoms with van der Waals surface area (Å²) < 4.78 is 42.2. The summed E-state index contributed by atoms with van der Waals surface area (Å²) >= 11 is 0. The Morgan fingerprint density at radius 3 is 2.22 bits per heavy atom. The molecular formula is C15H18F3NO4. The highest BCUT2D eigenvalue weighted by atomic mass is 19.4. The molecule has 2 N–H and O–H groups in total. The van der Waals surface area contributed by atoms with E-state index in [1.54, 1.807) is 0 Å². The van der Waals surface area contributed by atoms with Crippen LogP contribution in [-0.4, -0.2) is 29.6 Å². The van der Waals surface area contributed by atoms with Gasteiger partial charge >= 0.3 is 12.1 Å². The normalized spacial score (nSPS) is 12.8. The number of halogens is 3. The van der Waals surface area contributed by atoms with Crippen molar-refractivity contribution in [2.75, 3.05) is 6.61 Å². The summed E-state index contributed by atoms with van der Waals surface area (Å²) in [5, 5.41) is 11.3. The largest absolute Gasteiger partial charge is 0.484 e. The van der Waals surface area contributed by atoms with Gasteiger partial charge in [-0.05, 0) is 36.6 Å². The summed E-state index contributed by atoms with van der Waals surface area (Å²) in [5.74, 6) is -1.64. The Morgan fingerprint density at radius 2 is 1.78 bits per heavy atom. The van der Waals surface area contributed by atoms with Crippen molar-refractivity contribution < 1.29 is 32.6 Å². The Bertz CT molecular complexity index is 541. The lowest BCUT2D eigenvalue weighted by Crippen LogP contribution is -2.43. The van der Waals surface area contributed by atoms with Crippen LogP contribution in [0.15, 0.2) is 24.3 Å². The van der Waals surface area contributed by atoms with Gasteiger partial charge in [0.15, 0.2) is 6.61 Å². The quantitative estimate of drug-likeness (QED) is 0.804. The van der Waals surface area contributed by atoms with E-state index in [-0.39, 0.29) is 18.1 Å². The topological polar surface area (TPSA) is 75.6 Å². The van der Waals surface area contributed by atoms with Crippen LogP contribution in [0.1, 0.15) is 25.8 Å². The summed E-state index contributed by atoms with van der Waals surface area (Å²) in [5.41, 5.74) is -0.822. The maximum atomic E-state index is 12.4. The Labute approximate surface area is 131 Å². The molecule has 5 nitrogen and oxygen atoms in total. The molecule has 0 aliphatic heterocycles. The third kappa shape index (κ3) is 6.58. The number of ether oxygens (including phenoxy) is 1. The van der Waals surface area contributed by atoms with Crippen molar-refractivity contribution in [3.8, 4) is 5.75 Å². The third-order valence-corrected chi connectivity index (χ3v) is 2.89. The number of nitrogens with one attached hydrogen (secondary N) is 1. The molecule has 0 aliphatic rings. The summed E-state index contributed by atoms with van der Waals surface area (Å²) in [4.78, 5) is 22.7. The second-order valence-corrected chi connectivity index (χ2v) is 5.40. The minimum absolute atomic E-state index is 0.0761. The van der Waals surface area contributed by atoms with Crippen molar-refractivity contribution in [3.63, 3.8) is 0 Å². The number of carboxylic acid groups (broad SMARTS) is 1. The second kappa shape index (κ2) is 7.85. The van der Waals surface area contributed by atoms with Gasteiger partial charge in [0.1, 0.15) is 11.8 Å². The highest BCUT2D eigenvalue weighted by molar-refractivity contribution is 5.84. The van der Waals surface area contributed by atoms with Gasteiger partial charge in [0, 0.05) is 0 Å². The van der Waals surface area contributed by atoms with Crippen LogP contribution in [0.2, 0.25) is 0 Å². The van der Waals surface area contributed by atoms with Gasteiger partial charge < -0.3 is 15.2 Å². The maximum absolute atomic E-state index is 12.4. The van der Waals surface area contributed by atoms with E-state index in [2.05, 4.69) is 5.32 Å². The molecule has 0 saturated heterocycles. The molecule has 0 spiro atoms. The number of carbonyl (C=O) groups is 2. The van der Waals surface area contributed by atoms with E-state index in [0.29, 0.717) is 0 Å². The number of rotatable bonds is 7. The van der Waals surface area contributed by atoms with Gasteiger partial charge in [-0.1, -0.05) is 13.8 Å². The zero-order chi connectivity index (χ0) is 17.6. The highest BCUT2D eigenvalue weighted by Gasteiger charge is 2.30. The van der Waals surface area contributed by atoms with Crippen molar-refractivity contribution in [1.82, 2.24) is 5.32 Å². The smallest absolute Gasteiger partial charge is 0.416 e. The molecule has 1 aromatic rings. The lowest BCUT2D eigenvalue weighted by molar-refractivity contribution is -0.142. The standard InChI is InChI=1S/C15H18F3NO4/c1-9(2)7-12(14(21)22)19-13(20)8-23-11-5-3-10(4-6-11)15(16,17)18/h3-6,9,12H,7-8H2,1-2H3,(H,19,20)(H,21,22)/t12-/m1/s1. The van der Waals surface area contributed by atoms with Gasteiger partial charge in [-0.25, -0.2) is 4.79 Å². The molecule has 128 valence electrons. The molecule has 1 rings (SSSR count). The molecule has 0 bridgehead atoms. The molecule has 1 amide bonds. The predicted octanol–water partition coefficient (Wildman–Crippen LogP) is 2.70. The van der Waals surface area contributed by atoms with Crippen LogP contribution in [0, 0.1) is 5.92 Å². The summed E-state index contributed by atoms with van der Waals surface area (Å²) in [7, 11) is 0. The molecule has 1 aromatic carbocycles.